The number of nitrogens with zero attached hydrogens (tertiary/aromatic N) is 1. The molecule has 3 nitrogen and oxygen atoms in total. The molecular formula is C15H21F3IN3. The van der Waals surface area contributed by atoms with Crippen LogP contribution in [-0.4, -0.2) is 31.8 Å². The van der Waals surface area contributed by atoms with Crippen LogP contribution in [0.1, 0.15) is 30.4 Å². The normalized spacial score (nSPS) is 17.1. The molecule has 0 aliphatic heterocycles. The average Bonchev–Trinajstić information content (AvgIpc) is 2.38. The first-order valence-electron chi connectivity index (χ1n) is 7.16. The summed E-state index contributed by atoms with van der Waals surface area (Å²) in [6.07, 6.45) is -4.01. The summed E-state index contributed by atoms with van der Waals surface area (Å²) in [5, 5.41) is 5.69. The van der Waals surface area contributed by atoms with Crippen molar-refractivity contribution < 1.29 is 13.2 Å². The first kappa shape index (κ1) is 19.1. The van der Waals surface area contributed by atoms with Gasteiger partial charge in [-0.05, 0) is 24.5 Å². The molecule has 124 valence electrons. The van der Waals surface area contributed by atoms with Crippen molar-refractivity contribution in [3.8, 4) is 0 Å². The van der Waals surface area contributed by atoms with Gasteiger partial charge >= 0.3 is 6.18 Å². The van der Waals surface area contributed by atoms with E-state index < -0.39 is 12.6 Å². The molecule has 0 amide bonds. The van der Waals surface area contributed by atoms with Crippen LogP contribution in [0.3, 0.4) is 0 Å². The minimum atomic E-state index is -4.14. The number of benzene rings is 1. The summed E-state index contributed by atoms with van der Waals surface area (Å²) in [6, 6.07) is 8.20. The Balaban J connectivity index is 0.00000242. The minimum Gasteiger partial charge on any atom is -0.357 e. The van der Waals surface area contributed by atoms with E-state index in [4.69, 9.17) is 0 Å². The van der Waals surface area contributed by atoms with E-state index in [0.717, 1.165) is 6.42 Å². The van der Waals surface area contributed by atoms with Crippen molar-refractivity contribution >= 4 is 29.9 Å². The van der Waals surface area contributed by atoms with Gasteiger partial charge in [0.15, 0.2) is 5.96 Å². The molecule has 0 saturated carbocycles. The molecule has 0 aromatic heterocycles. The highest BCUT2D eigenvalue weighted by molar-refractivity contribution is 14.0. The Labute approximate surface area is 145 Å². The van der Waals surface area contributed by atoms with E-state index in [2.05, 4.69) is 27.8 Å². The zero-order valence-corrected chi connectivity index (χ0v) is 14.7. The second-order valence-corrected chi connectivity index (χ2v) is 5.11. The van der Waals surface area contributed by atoms with Gasteiger partial charge in [-0.3, -0.25) is 4.99 Å². The molecule has 1 aromatic carbocycles. The predicted octanol–water partition coefficient (Wildman–Crippen LogP) is 3.45. The van der Waals surface area contributed by atoms with Crippen molar-refractivity contribution in [2.24, 2.45) is 4.99 Å². The van der Waals surface area contributed by atoms with Gasteiger partial charge in [0.2, 0.25) is 0 Å². The molecule has 0 saturated heterocycles. The highest BCUT2D eigenvalue weighted by Crippen LogP contribution is 2.34. The van der Waals surface area contributed by atoms with Gasteiger partial charge in [-0.15, -0.1) is 24.0 Å². The SMILES string of the molecule is CCNC(=NCC1Cc2ccccc21)NCCC(F)(F)F.I. The van der Waals surface area contributed by atoms with Gasteiger partial charge in [-0.25, -0.2) is 0 Å². The lowest BCUT2D eigenvalue weighted by atomic mass is 9.78. The number of alkyl halides is 3. The van der Waals surface area contributed by atoms with E-state index in [1.54, 1.807) is 0 Å². The molecule has 2 rings (SSSR count). The van der Waals surface area contributed by atoms with E-state index in [0.29, 0.717) is 25.0 Å². The lowest BCUT2D eigenvalue weighted by Gasteiger charge is -2.29. The molecule has 1 aliphatic carbocycles. The van der Waals surface area contributed by atoms with Gasteiger partial charge in [-0.2, -0.15) is 13.2 Å². The van der Waals surface area contributed by atoms with Crippen LogP contribution in [0.5, 0.6) is 0 Å². The van der Waals surface area contributed by atoms with Crippen molar-refractivity contribution in [3.63, 3.8) is 0 Å². The summed E-state index contributed by atoms with van der Waals surface area (Å²) >= 11 is 0. The van der Waals surface area contributed by atoms with E-state index in [-0.39, 0.29) is 30.5 Å². The molecule has 7 heteroatoms. The van der Waals surface area contributed by atoms with Crippen LogP contribution in [0.25, 0.3) is 0 Å². The molecule has 0 radical (unpaired) electrons. The summed E-state index contributed by atoms with van der Waals surface area (Å²) in [5.74, 6) is 0.824. The second kappa shape index (κ2) is 8.59. The molecular weight excluding hydrogens is 406 g/mol. The van der Waals surface area contributed by atoms with E-state index in [1.165, 1.54) is 11.1 Å². The van der Waals surface area contributed by atoms with Gasteiger partial charge in [0.1, 0.15) is 0 Å². The van der Waals surface area contributed by atoms with Crippen LogP contribution < -0.4 is 10.6 Å². The third-order valence-electron chi connectivity index (χ3n) is 3.48. The number of nitrogens with one attached hydrogen (secondary N) is 2. The van der Waals surface area contributed by atoms with E-state index in [9.17, 15) is 13.2 Å². The lowest BCUT2D eigenvalue weighted by molar-refractivity contribution is -0.132. The van der Waals surface area contributed by atoms with Crippen molar-refractivity contribution in [2.45, 2.75) is 31.9 Å². The largest absolute Gasteiger partial charge is 0.390 e. The van der Waals surface area contributed by atoms with Crippen molar-refractivity contribution in [1.82, 2.24) is 10.6 Å². The van der Waals surface area contributed by atoms with Crippen LogP contribution in [0.4, 0.5) is 13.2 Å². The Bertz CT molecular complexity index is 503. The highest BCUT2D eigenvalue weighted by atomic mass is 127. The minimum absolute atomic E-state index is 0. The number of hydrogen-bond acceptors (Lipinski definition) is 1. The summed E-state index contributed by atoms with van der Waals surface area (Å²) in [7, 11) is 0. The molecule has 1 atom stereocenters. The standard InChI is InChI=1S/C15H20F3N3.HI/c1-2-19-14(20-8-7-15(16,17)18)21-10-12-9-11-5-3-4-6-13(11)12;/h3-6,12H,2,7-10H2,1H3,(H2,19,20,21);1H. The smallest absolute Gasteiger partial charge is 0.357 e. The maximum Gasteiger partial charge on any atom is 0.390 e. The zero-order chi connectivity index (χ0) is 15.3. The summed E-state index contributed by atoms with van der Waals surface area (Å²) < 4.78 is 36.4. The molecule has 1 unspecified atom stereocenters. The monoisotopic (exact) mass is 427 g/mol. The summed E-state index contributed by atoms with van der Waals surface area (Å²) in [6.45, 7) is 2.95. The first-order chi connectivity index (χ1) is 9.99. The van der Waals surface area contributed by atoms with Crippen molar-refractivity contribution in [1.29, 1.82) is 0 Å². The molecule has 0 fully saturated rings. The summed E-state index contributed by atoms with van der Waals surface area (Å²) in [5.41, 5.74) is 2.64. The molecule has 22 heavy (non-hydrogen) atoms. The van der Waals surface area contributed by atoms with Crippen LogP contribution in [0, 0.1) is 0 Å². The Kier molecular flexibility index (Phi) is 7.44. The fourth-order valence-electron chi connectivity index (χ4n) is 2.39. The number of aliphatic imine (C=N–C) groups is 1. The quantitative estimate of drug-likeness (QED) is 0.429. The predicted molar refractivity (Wildman–Crippen MR) is 93.0 cm³/mol. The Morgan fingerprint density at radius 1 is 1.27 bits per heavy atom. The maximum absolute atomic E-state index is 12.1. The van der Waals surface area contributed by atoms with Crippen molar-refractivity contribution in [3.05, 3.63) is 35.4 Å². The molecule has 0 heterocycles. The molecule has 2 N–H and O–H groups in total. The Morgan fingerprint density at radius 2 is 2.00 bits per heavy atom. The first-order valence-corrected chi connectivity index (χ1v) is 7.16. The van der Waals surface area contributed by atoms with Gasteiger partial charge in [-0.1, -0.05) is 24.3 Å². The lowest BCUT2D eigenvalue weighted by Crippen LogP contribution is -2.39. The topological polar surface area (TPSA) is 36.4 Å². The zero-order valence-electron chi connectivity index (χ0n) is 12.4. The summed E-state index contributed by atoms with van der Waals surface area (Å²) in [4.78, 5) is 4.38. The third-order valence-corrected chi connectivity index (χ3v) is 3.48. The molecule has 0 spiro atoms. The van der Waals surface area contributed by atoms with Gasteiger partial charge in [0.05, 0.1) is 6.42 Å². The average molecular weight is 427 g/mol. The fraction of sp³-hybridized carbons (Fsp3) is 0.533. The van der Waals surface area contributed by atoms with Gasteiger partial charge < -0.3 is 10.6 Å². The van der Waals surface area contributed by atoms with Crippen LogP contribution in [0.2, 0.25) is 0 Å². The van der Waals surface area contributed by atoms with Gasteiger partial charge in [0, 0.05) is 25.6 Å². The van der Waals surface area contributed by atoms with E-state index in [1.807, 2.05) is 19.1 Å². The van der Waals surface area contributed by atoms with Crippen LogP contribution >= 0.6 is 24.0 Å². The number of fused-ring (bicyclic) bond motifs is 1. The number of rotatable bonds is 5. The highest BCUT2D eigenvalue weighted by Gasteiger charge is 2.27. The van der Waals surface area contributed by atoms with Crippen molar-refractivity contribution in [2.75, 3.05) is 19.6 Å². The van der Waals surface area contributed by atoms with Crippen LogP contribution in [-0.2, 0) is 6.42 Å². The molecule has 1 aliphatic rings. The third kappa shape index (κ3) is 5.66. The Morgan fingerprint density at radius 3 is 2.64 bits per heavy atom. The van der Waals surface area contributed by atoms with Gasteiger partial charge in [0.25, 0.3) is 0 Å². The Hall–Kier alpha value is -0.990. The van der Waals surface area contributed by atoms with Crippen LogP contribution in [0.15, 0.2) is 29.3 Å². The maximum atomic E-state index is 12.1. The number of guanidine groups is 1. The van der Waals surface area contributed by atoms with E-state index >= 15 is 0 Å². The second-order valence-electron chi connectivity index (χ2n) is 5.11. The molecule has 0 bridgehead atoms. The number of halogens is 4. The molecule has 1 aromatic rings. The fourth-order valence-corrected chi connectivity index (χ4v) is 2.39. The number of hydrogen-bond donors (Lipinski definition) is 2.